The second-order valence-electron chi connectivity index (χ2n) is 3.26. The molecule has 0 N–H and O–H groups in total. The number of quaternary nitrogens is 1. The van der Waals surface area contributed by atoms with Crippen molar-refractivity contribution in [1.29, 1.82) is 0 Å². The Bertz CT molecular complexity index is 293. The third-order valence-corrected chi connectivity index (χ3v) is 2.19. The zero-order valence-corrected chi connectivity index (χ0v) is 7.35. The second kappa shape index (κ2) is 3.28. The minimum atomic E-state index is 0.175. The molecule has 1 saturated heterocycles. The van der Waals surface area contributed by atoms with Gasteiger partial charge in [-0.05, 0) is 5.56 Å². The van der Waals surface area contributed by atoms with Gasteiger partial charge in [0.25, 0.3) is 0 Å². The third kappa shape index (κ3) is 1.94. The van der Waals surface area contributed by atoms with Crippen LogP contribution in [-0.2, 0) is 16.2 Å². The first-order chi connectivity index (χ1) is 6.35. The van der Waals surface area contributed by atoms with E-state index in [9.17, 15) is 4.79 Å². The number of rotatable bonds is 4. The van der Waals surface area contributed by atoms with Crippen molar-refractivity contribution in [2.24, 2.45) is 0 Å². The maximum atomic E-state index is 10.6. The molecule has 0 radical (unpaired) electrons. The summed E-state index contributed by atoms with van der Waals surface area (Å²) in [5.41, 5.74) is 1.11. The molecule has 1 aliphatic heterocycles. The summed E-state index contributed by atoms with van der Waals surface area (Å²) in [6.45, 7) is 2.15. The first kappa shape index (κ1) is 8.41. The van der Waals surface area contributed by atoms with E-state index in [1.807, 2.05) is 30.3 Å². The van der Waals surface area contributed by atoms with Crippen molar-refractivity contribution in [2.45, 2.75) is 6.61 Å². The van der Waals surface area contributed by atoms with Crippen molar-refractivity contribution in [3.8, 4) is 0 Å². The lowest BCUT2D eigenvalue weighted by atomic mass is 10.2. The van der Waals surface area contributed by atoms with Gasteiger partial charge < -0.3 is 0 Å². The highest BCUT2D eigenvalue weighted by Gasteiger charge is 2.45. The van der Waals surface area contributed by atoms with Crippen LogP contribution in [0.5, 0.6) is 0 Å². The second-order valence-corrected chi connectivity index (χ2v) is 3.26. The predicted molar refractivity (Wildman–Crippen MR) is 47.3 cm³/mol. The van der Waals surface area contributed by atoms with Crippen LogP contribution in [0.4, 0.5) is 0 Å². The number of hydrogen-bond donors (Lipinski definition) is 0. The van der Waals surface area contributed by atoms with E-state index in [-0.39, 0.29) is 4.65 Å². The topological polar surface area (TPSA) is 26.3 Å². The summed E-state index contributed by atoms with van der Waals surface area (Å²) in [5, 5.41) is 0. The Morgan fingerprint density at radius 2 is 2.00 bits per heavy atom. The van der Waals surface area contributed by atoms with Crippen LogP contribution in [0, 0.1) is 0 Å². The van der Waals surface area contributed by atoms with Gasteiger partial charge in [-0.15, -0.1) is 4.65 Å². The Kier molecular flexibility index (Phi) is 2.12. The van der Waals surface area contributed by atoms with Crippen LogP contribution in [0.3, 0.4) is 0 Å². The summed E-state index contributed by atoms with van der Waals surface area (Å²) >= 11 is 0. The van der Waals surface area contributed by atoms with E-state index in [1.54, 1.807) is 0 Å². The van der Waals surface area contributed by atoms with E-state index >= 15 is 0 Å². The molecule has 0 atom stereocenters. The first-order valence-electron chi connectivity index (χ1n) is 4.36. The highest BCUT2D eigenvalue weighted by Crippen LogP contribution is 2.19. The van der Waals surface area contributed by atoms with Crippen LogP contribution in [-0.4, -0.2) is 24.1 Å². The van der Waals surface area contributed by atoms with Gasteiger partial charge in [-0.25, -0.2) is 4.79 Å². The Hall–Kier alpha value is -1.19. The lowest BCUT2D eigenvalue weighted by Gasteiger charge is -2.07. The lowest BCUT2D eigenvalue weighted by molar-refractivity contribution is -0.936. The van der Waals surface area contributed by atoms with E-state index < -0.39 is 0 Å². The van der Waals surface area contributed by atoms with Crippen LogP contribution in [0.1, 0.15) is 5.56 Å². The number of carbonyl (C=O) groups excluding carboxylic acids is 1. The highest BCUT2D eigenvalue weighted by atomic mass is 16.7. The molecular formula is C10H12NO2+. The minimum absolute atomic E-state index is 0.175. The monoisotopic (exact) mass is 178 g/mol. The van der Waals surface area contributed by atoms with E-state index in [4.69, 9.17) is 4.84 Å². The number of hydrogen-bond acceptors (Lipinski definition) is 2. The van der Waals surface area contributed by atoms with Gasteiger partial charge >= 0.3 is 6.41 Å². The van der Waals surface area contributed by atoms with Crippen LogP contribution in [0.15, 0.2) is 30.3 Å². The van der Waals surface area contributed by atoms with Gasteiger partial charge in [-0.3, -0.25) is 0 Å². The molecule has 0 bridgehead atoms. The number of nitrogens with zero attached hydrogens (tertiary/aromatic N) is 1. The Balaban J connectivity index is 1.90. The molecule has 0 unspecified atom stereocenters. The number of carbonyl (C=O) groups is 1. The molecule has 1 aliphatic rings. The van der Waals surface area contributed by atoms with Gasteiger partial charge in [0.05, 0.1) is 0 Å². The van der Waals surface area contributed by atoms with Crippen molar-refractivity contribution < 1.29 is 14.3 Å². The molecule has 1 heterocycles. The van der Waals surface area contributed by atoms with Crippen molar-refractivity contribution >= 4 is 6.41 Å². The van der Waals surface area contributed by atoms with Crippen LogP contribution < -0.4 is 0 Å². The fraction of sp³-hybridized carbons (Fsp3) is 0.300. The molecule has 0 aliphatic carbocycles. The summed E-state index contributed by atoms with van der Waals surface area (Å²) in [4.78, 5) is 16.0. The van der Waals surface area contributed by atoms with Gasteiger partial charge in [0.1, 0.15) is 6.61 Å². The average molecular weight is 178 g/mol. The lowest BCUT2D eigenvalue weighted by Crippen LogP contribution is -2.23. The van der Waals surface area contributed by atoms with Crippen molar-refractivity contribution in [3.63, 3.8) is 0 Å². The summed E-state index contributed by atoms with van der Waals surface area (Å²) in [6, 6.07) is 9.87. The quantitative estimate of drug-likeness (QED) is 0.392. The molecule has 1 aromatic carbocycles. The van der Waals surface area contributed by atoms with E-state index in [0.717, 1.165) is 25.1 Å². The van der Waals surface area contributed by atoms with Crippen LogP contribution >= 0.6 is 0 Å². The fourth-order valence-corrected chi connectivity index (χ4v) is 1.14. The average Bonchev–Trinajstić information content (AvgIpc) is 2.97. The van der Waals surface area contributed by atoms with Gasteiger partial charge in [0.2, 0.25) is 0 Å². The highest BCUT2D eigenvalue weighted by molar-refractivity contribution is 5.38. The van der Waals surface area contributed by atoms with Gasteiger partial charge in [-0.1, -0.05) is 30.3 Å². The molecule has 3 heteroatoms. The molecule has 2 rings (SSSR count). The SMILES string of the molecule is O=C[N+]1(OCc2ccccc2)CC1. The van der Waals surface area contributed by atoms with Gasteiger partial charge in [-0.2, -0.15) is 4.84 Å². The van der Waals surface area contributed by atoms with Crippen molar-refractivity contribution in [1.82, 2.24) is 0 Å². The summed E-state index contributed by atoms with van der Waals surface area (Å²) in [6.07, 6.45) is 0.864. The van der Waals surface area contributed by atoms with Crippen molar-refractivity contribution in [2.75, 3.05) is 13.1 Å². The maximum Gasteiger partial charge on any atom is 0.334 e. The summed E-state index contributed by atoms with van der Waals surface area (Å²) in [5.74, 6) is 0. The van der Waals surface area contributed by atoms with E-state index in [2.05, 4.69) is 0 Å². The zero-order valence-electron chi connectivity index (χ0n) is 7.35. The standard InChI is InChI=1S/C10H12NO2/c12-9-11(6-7-11)13-8-10-4-2-1-3-5-10/h1-5,9H,6-8H2/q+1. The molecular weight excluding hydrogens is 166 g/mol. The Morgan fingerprint density at radius 1 is 1.31 bits per heavy atom. The third-order valence-electron chi connectivity index (χ3n) is 2.19. The summed E-state index contributed by atoms with van der Waals surface area (Å²) in [7, 11) is 0. The number of benzene rings is 1. The molecule has 3 nitrogen and oxygen atoms in total. The molecule has 0 spiro atoms. The molecule has 0 aromatic heterocycles. The van der Waals surface area contributed by atoms with Gasteiger partial charge in [0, 0.05) is 0 Å². The number of hydroxylamine groups is 3. The smallest absolute Gasteiger partial charge is 0.231 e. The predicted octanol–water partition coefficient (Wildman–Crippen LogP) is 1.10. The Morgan fingerprint density at radius 3 is 2.54 bits per heavy atom. The Labute approximate surface area is 77.1 Å². The van der Waals surface area contributed by atoms with Gasteiger partial charge in [0.15, 0.2) is 13.1 Å². The van der Waals surface area contributed by atoms with Crippen LogP contribution in [0.2, 0.25) is 0 Å². The molecule has 68 valence electrons. The summed E-state index contributed by atoms with van der Waals surface area (Å²) < 4.78 is 0.175. The largest absolute Gasteiger partial charge is 0.334 e. The molecule has 13 heavy (non-hydrogen) atoms. The fourth-order valence-electron chi connectivity index (χ4n) is 1.14. The molecule has 1 amide bonds. The minimum Gasteiger partial charge on any atom is -0.231 e. The van der Waals surface area contributed by atoms with E-state index in [0.29, 0.717) is 6.61 Å². The van der Waals surface area contributed by atoms with Crippen LogP contribution in [0.25, 0.3) is 0 Å². The van der Waals surface area contributed by atoms with Crippen molar-refractivity contribution in [3.05, 3.63) is 35.9 Å². The molecule has 0 saturated carbocycles. The maximum absolute atomic E-state index is 10.6. The zero-order chi connectivity index (χ0) is 9.15. The normalized spacial score (nSPS) is 18.2. The number of amides is 1. The van der Waals surface area contributed by atoms with E-state index in [1.165, 1.54) is 0 Å². The molecule has 1 fully saturated rings. The molecule has 1 aromatic rings. The first-order valence-corrected chi connectivity index (χ1v) is 4.36.